The van der Waals surface area contributed by atoms with Crippen molar-refractivity contribution in [1.82, 2.24) is 20.0 Å². The van der Waals surface area contributed by atoms with E-state index in [-0.39, 0.29) is 18.1 Å². The fraction of sp³-hybridized carbons (Fsp3) is 0.429. The van der Waals surface area contributed by atoms with Gasteiger partial charge in [0.1, 0.15) is 4.83 Å². The minimum Gasteiger partial charge on any atom is -0.376 e. The van der Waals surface area contributed by atoms with Gasteiger partial charge in [0.2, 0.25) is 0 Å². The van der Waals surface area contributed by atoms with Gasteiger partial charge in [-0.3, -0.25) is 9.69 Å². The van der Waals surface area contributed by atoms with Gasteiger partial charge in [0, 0.05) is 30.6 Å². The molecule has 6 nitrogen and oxygen atoms in total. The van der Waals surface area contributed by atoms with E-state index >= 15 is 0 Å². The molecule has 2 aromatic heterocycles. The highest BCUT2D eigenvalue weighted by atomic mass is 32.1. The highest BCUT2D eigenvalue weighted by molar-refractivity contribution is 7.20. The van der Waals surface area contributed by atoms with Crippen molar-refractivity contribution in [1.29, 1.82) is 0 Å². The van der Waals surface area contributed by atoms with Gasteiger partial charge >= 0.3 is 0 Å². The molecule has 2 aliphatic rings. The average Bonchev–Trinajstić information content (AvgIpc) is 3.36. The van der Waals surface area contributed by atoms with Crippen LogP contribution in [0.3, 0.4) is 0 Å². The van der Waals surface area contributed by atoms with Gasteiger partial charge < -0.3 is 10.1 Å². The van der Waals surface area contributed by atoms with Gasteiger partial charge in [0.25, 0.3) is 5.91 Å². The summed E-state index contributed by atoms with van der Waals surface area (Å²) in [6.07, 6.45) is 1.23. The number of hydrogen-bond acceptors (Lipinski definition) is 5. The lowest BCUT2D eigenvalue weighted by Gasteiger charge is -2.33. The van der Waals surface area contributed by atoms with Gasteiger partial charge in [-0.25, -0.2) is 4.68 Å². The molecule has 0 spiro atoms. The van der Waals surface area contributed by atoms with Crippen LogP contribution in [0, 0.1) is 6.92 Å². The fourth-order valence-corrected chi connectivity index (χ4v) is 5.39. The molecular weight excluding hydrogens is 372 g/mol. The van der Waals surface area contributed by atoms with Gasteiger partial charge in [0.15, 0.2) is 0 Å². The summed E-state index contributed by atoms with van der Waals surface area (Å²) in [7, 11) is 0. The number of benzene rings is 1. The van der Waals surface area contributed by atoms with E-state index in [9.17, 15) is 4.79 Å². The molecule has 3 atom stereocenters. The summed E-state index contributed by atoms with van der Waals surface area (Å²) in [6, 6.07) is 12.6. The molecule has 7 heteroatoms. The summed E-state index contributed by atoms with van der Waals surface area (Å²) >= 11 is 1.51. The minimum atomic E-state index is 0.0130. The Labute approximate surface area is 168 Å². The number of rotatable bonds is 3. The first-order valence-corrected chi connectivity index (χ1v) is 10.6. The molecule has 1 aromatic carbocycles. The van der Waals surface area contributed by atoms with E-state index in [1.807, 2.05) is 48.0 Å². The van der Waals surface area contributed by atoms with Crippen LogP contribution >= 0.6 is 11.3 Å². The third kappa shape index (κ3) is 3.13. The number of fused-ring (bicyclic) bond motifs is 2. The van der Waals surface area contributed by atoms with Crippen molar-refractivity contribution < 1.29 is 9.53 Å². The van der Waals surface area contributed by atoms with E-state index < -0.39 is 0 Å². The first-order valence-electron chi connectivity index (χ1n) is 9.79. The molecular formula is C21H24N4O2S. The number of nitrogens with zero attached hydrogens (tertiary/aromatic N) is 3. The van der Waals surface area contributed by atoms with Gasteiger partial charge in [-0.05, 0) is 38.5 Å². The maximum atomic E-state index is 12.9. The van der Waals surface area contributed by atoms with Crippen LogP contribution in [0.25, 0.3) is 15.9 Å². The number of para-hydroxylation sites is 1. The maximum absolute atomic E-state index is 12.9. The lowest BCUT2D eigenvalue weighted by molar-refractivity contribution is -0.0390. The molecule has 5 rings (SSSR count). The average molecular weight is 397 g/mol. The standard InChI is InChI=1S/C21H24N4O2S/c1-13-10-24-11-15(8-17(24)12-27-13)22-20(26)19-9-18-14(2)23-25(21(18)28-19)16-6-4-3-5-7-16/h3-7,9,13,15,17H,8,10-12H2,1-2H3,(H,22,26)/t13-,15+,17-/m0/s1. The van der Waals surface area contributed by atoms with E-state index in [1.165, 1.54) is 11.3 Å². The van der Waals surface area contributed by atoms with Crippen LogP contribution < -0.4 is 5.32 Å². The van der Waals surface area contributed by atoms with Crippen LogP contribution in [0.1, 0.15) is 28.7 Å². The summed E-state index contributed by atoms with van der Waals surface area (Å²) in [5, 5.41) is 8.94. The lowest BCUT2D eigenvalue weighted by Crippen LogP contribution is -2.45. The minimum absolute atomic E-state index is 0.0130. The highest BCUT2D eigenvalue weighted by Crippen LogP contribution is 2.31. The summed E-state index contributed by atoms with van der Waals surface area (Å²) in [5.74, 6) is 0.0130. The molecule has 0 saturated carbocycles. The molecule has 0 radical (unpaired) electrons. The van der Waals surface area contributed by atoms with Crippen molar-refractivity contribution in [3.63, 3.8) is 0 Å². The second-order valence-electron chi connectivity index (χ2n) is 7.82. The number of hydrogen-bond donors (Lipinski definition) is 1. The molecule has 146 valence electrons. The second kappa shape index (κ2) is 6.99. The first-order chi connectivity index (χ1) is 13.6. The van der Waals surface area contributed by atoms with Crippen LogP contribution in [0.5, 0.6) is 0 Å². The van der Waals surface area contributed by atoms with E-state index in [0.717, 1.165) is 52.6 Å². The van der Waals surface area contributed by atoms with Crippen LogP contribution in [0.15, 0.2) is 36.4 Å². The van der Waals surface area contributed by atoms with E-state index in [4.69, 9.17) is 4.74 Å². The molecule has 1 N–H and O–H groups in total. The Balaban J connectivity index is 1.36. The Morgan fingerprint density at radius 2 is 2.11 bits per heavy atom. The Morgan fingerprint density at radius 3 is 2.93 bits per heavy atom. The number of nitrogens with one attached hydrogen (secondary N) is 1. The molecule has 28 heavy (non-hydrogen) atoms. The van der Waals surface area contributed by atoms with E-state index in [0.29, 0.717) is 6.04 Å². The van der Waals surface area contributed by atoms with Crippen molar-refractivity contribution in [3.05, 3.63) is 47.0 Å². The molecule has 2 fully saturated rings. The van der Waals surface area contributed by atoms with Gasteiger partial charge in [-0.1, -0.05) is 18.2 Å². The molecule has 2 aliphatic heterocycles. The number of aryl methyl sites for hydroxylation is 1. The van der Waals surface area contributed by atoms with Crippen LogP contribution in [0.2, 0.25) is 0 Å². The molecule has 0 aliphatic carbocycles. The smallest absolute Gasteiger partial charge is 0.261 e. The van der Waals surface area contributed by atoms with Crippen molar-refractivity contribution >= 4 is 27.5 Å². The maximum Gasteiger partial charge on any atom is 0.261 e. The first kappa shape index (κ1) is 17.8. The summed E-state index contributed by atoms with van der Waals surface area (Å²) in [6.45, 7) is 6.73. The number of amides is 1. The monoisotopic (exact) mass is 396 g/mol. The SMILES string of the molecule is Cc1nn(-c2ccccc2)c2sc(C(=O)N[C@@H]3C[C@H]4CO[C@@H](C)CN4C3)cc12. The summed E-state index contributed by atoms with van der Waals surface area (Å²) in [5.41, 5.74) is 1.95. The summed E-state index contributed by atoms with van der Waals surface area (Å²) < 4.78 is 7.70. The van der Waals surface area contributed by atoms with Crippen LogP contribution in [-0.4, -0.2) is 58.5 Å². The Morgan fingerprint density at radius 1 is 1.29 bits per heavy atom. The lowest BCUT2D eigenvalue weighted by atomic mass is 10.1. The van der Waals surface area contributed by atoms with Crippen molar-refractivity contribution in [2.75, 3.05) is 19.7 Å². The topological polar surface area (TPSA) is 59.4 Å². The largest absolute Gasteiger partial charge is 0.376 e. The molecule has 0 unspecified atom stereocenters. The predicted molar refractivity (Wildman–Crippen MR) is 110 cm³/mol. The normalized spacial score (nSPS) is 25.1. The number of carbonyl (C=O) groups excluding carboxylic acids is 1. The zero-order valence-corrected chi connectivity index (χ0v) is 16.9. The van der Waals surface area contributed by atoms with E-state index in [1.54, 1.807) is 0 Å². The van der Waals surface area contributed by atoms with Gasteiger partial charge in [0.05, 0.1) is 29.0 Å². The highest BCUT2D eigenvalue weighted by Gasteiger charge is 2.37. The van der Waals surface area contributed by atoms with Crippen molar-refractivity contribution in [3.8, 4) is 5.69 Å². The van der Waals surface area contributed by atoms with E-state index in [2.05, 4.69) is 22.2 Å². The molecule has 1 amide bonds. The Hall–Kier alpha value is -2.22. The molecule has 2 saturated heterocycles. The number of morpholine rings is 1. The zero-order valence-electron chi connectivity index (χ0n) is 16.1. The number of carbonyl (C=O) groups is 1. The molecule has 3 aromatic rings. The van der Waals surface area contributed by atoms with Crippen LogP contribution in [0.4, 0.5) is 0 Å². The predicted octanol–water partition coefficient (Wildman–Crippen LogP) is 2.99. The Kier molecular flexibility index (Phi) is 4.45. The van der Waals surface area contributed by atoms with Crippen LogP contribution in [-0.2, 0) is 4.74 Å². The number of aromatic nitrogens is 2. The number of ether oxygens (including phenoxy) is 1. The second-order valence-corrected chi connectivity index (χ2v) is 8.85. The van der Waals surface area contributed by atoms with Crippen molar-refractivity contribution in [2.45, 2.75) is 38.5 Å². The number of thiophene rings is 1. The third-order valence-corrected chi connectivity index (χ3v) is 6.81. The van der Waals surface area contributed by atoms with Crippen molar-refractivity contribution in [2.24, 2.45) is 0 Å². The van der Waals surface area contributed by atoms with Gasteiger partial charge in [-0.15, -0.1) is 11.3 Å². The molecule has 0 bridgehead atoms. The fourth-order valence-electron chi connectivity index (χ4n) is 4.30. The molecule has 4 heterocycles. The summed E-state index contributed by atoms with van der Waals surface area (Å²) in [4.78, 5) is 17.1. The third-order valence-electron chi connectivity index (χ3n) is 5.70. The Bertz CT molecular complexity index is 1010. The quantitative estimate of drug-likeness (QED) is 0.739. The van der Waals surface area contributed by atoms with Gasteiger partial charge in [-0.2, -0.15) is 5.10 Å². The zero-order chi connectivity index (χ0) is 19.3.